The first-order chi connectivity index (χ1) is 17.3. The minimum absolute atomic E-state index is 0.00756. The molecule has 0 aliphatic carbocycles. The number of amides is 2. The topological polar surface area (TPSA) is 91.6 Å². The quantitative estimate of drug-likeness (QED) is 0.488. The van der Waals surface area contributed by atoms with E-state index in [1.54, 1.807) is 12.1 Å². The third-order valence-electron chi connectivity index (χ3n) is 6.16. The number of carbonyl (C=O) groups excluding carboxylic acids is 2. The molecule has 2 heterocycles. The zero-order chi connectivity index (χ0) is 25.7. The summed E-state index contributed by atoms with van der Waals surface area (Å²) < 4.78 is 5.46. The number of halogens is 1. The van der Waals surface area contributed by atoms with Gasteiger partial charge in [-0.05, 0) is 42.2 Å². The van der Waals surface area contributed by atoms with Crippen LogP contribution >= 0.6 is 11.6 Å². The predicted octanol–water partition coefficient (Wildman–Crippen LogP) is 4.25. The summed E-state index contributed by atoms with van der Waals surface area (Å²) in [6.45, 7) is 9.15. The van der Waals surface area contributed by atoms with Crippen molar-refractivity contribution < 1.29 is 14.1 Å². The molecule has 0 radical (unpaired) electrons. The van der Waals surface area contributed by atoms with E-state index < -0.39 is 6.04 Å². The van der Waals surface area contributed by atoms with Gasteiger partial charge in [0.05, 0.1) is 0 Å². The molecule has 1 N–H and O–H groups in total. The lowest BCUT2D eigenvalue weighted by atomic mass is 10.0. The largest absolute Gasteiger partial charge is 0.345 e. The first-order valence-corrected chi connectivity index (χ1v) is 12.6. The van der Waals surface area contributed by atoms with Crippen LogP contribution in [0.1, 0.15) is 32.8 Å². The van der Waals surface area contributed by atoms with Gasteiger partial charge in [0.25, 0.3) is 5.89 Å². The van der Waals surface area contributed by atoms with E-state index in [1.807, 2.05) is 29.2 Å². The van der Waals surface area contributed by atoms with E-state index in [2.05, 4.69) is 46.3 Å². The number of piperazine rings is 1. The Balaban J connectivity index is 1.36. The van der Waals surface area contributed by atoms with E-state index >= 15 is 0 Å². The summed E-state index contributed by atoms with van der Waals surface area (Å²) in [5.74, 6) is 1.10. The maximum absolute atomic E-state index is 13.0. The second-order valence-corrected chi connectivity index (χ2v) is 10.1. The molecule has 1 fully saturated rings. The number of aromatic nitrogens is 2. The average molecular weight is 510 g/mol. The molecule has 0 bridgehead atoms. The molecule has 2 aromatic carbocycles. The van der Waals surface area contributed by atoms with Crippen LogP contribution in [0, 0.1) is 5.92 Å². The van der Waals surface area contributed by atoms with Crippen LogP contribution in [0.25, 0.3) is 22.8 Å². The maximum atomic E-state index is 13.0. The van der Waals surface area contributed by atoms with Crippen molar-refractivity contribution in [3.63, 3.8) is 0 Å². The van der Waals surface area contributed by atoms with Gasteiger partial charge in [0.1, 0.15) is 6.04 Å². The summed E-state index contributed by atoms with van der Waals surface area (Å²) in [6, 6.07) is 15.0. The van der Waals surface area contributed by atoms with Gasteiger partial charge in [-0.1, -0.05) is 54.9 Å². The summed E-state index contributed by atoms with van der Waals surface area (Å²) in [7, 11) is 0. The van der Waals surface area contributed by atoms with Crippen LogP contribution in [-0.2, 0) is 16.1 Å². The van der Waals surface area contributed by atoms with Gasteiger partial charge < -0.3 is 14.7 Å². The smallest absolute Gasteiger partial charge is 0.258 e. The standard InChI is InChI=1S/C27H32ClN5O3/c1-18(2)14-24(29-19(3)34)27(35)33-12-10-32(11-13-33)17-20-6-4-7-21(15-20)25-30-26(36-31-25)22-8-5-9-23(28)16-22/h4-9,15-16,18,24H,10-14,17H2,1-3H3,(H,29,34)/t24-/m0/s1. The molecule has 3 aromatic rings. The van der Waals surface area contributed by atoms with E-state index in [-0.39, 0.29) is 11.8 Å². The molecule has 0 saturated carbocycles. The SMILES string of the molecule is CC(=O)N[C@@H](CC(C)C)C(=O)N1CCN(Cc2cccc(-c3noc(-c4cccc(Cl)c4)n3)c2)CC1. The van der Waals surface area contributed by atoms with Crippen LogP contribution in [0.3, 0.4) is 0 Å². The molecule has 8 nitrogen and oxygen atoms in total. The van der Waals surface area contributed by atoms with Gasteiger partial charge in [0.15, 0.2) is 0 Å². The monoisotopic (exact) mass is 509 g/mol. The van der Waals surface area contributed by atoms with Crippen molar-refractivity contribution in [3.8, 4) is 22.8 Å². The highest BCUT2D eigenvalue weighted by molar-refractivity contribution is 6.30. The van der Waals surface area contributed by atoms with Crippen LogP contribution in [0.2, 0.25) is 5.02 Å². The Kier molecular flexibility index (Phi) is 8.38. The van der Waals surface area contributed by atoms with Gasteiger partial charge in [-0.2, -0.15) is 4.98 Å². The van der Waals surface area contributed by atoms with Crippen molar-refractivity contribution in [3.05, 3.63) is 59.1 Å². The number of benzene rings is 2. The molecule has 1 aliphatic rings. The van der Waals surface area contributed by atoms with E-state index in [9.17, 15) is 9.59 Å². The van der Waals surface area contributed by atoms with Crippen molar-refractivity contribution in [1.82, 2.24) is 25.3 Å². The van der Waals surface area contributed by atoms with Crippen LogP contribution in [0.4, 0.5) is 0 Å². The van der Waals surface area contributed by atoms with Gasteiger partial charge in [-0.15, -0.1) is 0 Å². The lowest BCUT2D eigenvalue weighted by molar-refractivity contribution is -0.138. The van der Waals surface area contributed by atoms with Crippen LogP contribution in [0.15, 0.2) is 53.1 Å². The molecular formula is C27H32ClN5O3. The lowest BCUT2D eigenvalue weighted by Crippen LogP contribution is -2.54. The maximum Gasteiger partial charge on any atom is 0.258 e. The Morgan fingerprint density at radius 3 is 2.47 bits per heavy atom. The zero-order valence-corrected chi connectivity index (χ0v) is 21.7. The molecule has 0 unspecified atom stereocenters. The Labute approximate surface area is 216 Å². The van der Waals surface area contributed by atoms with Crippen molar-refractivity contribution >= 4 is 23.4 Å². The summed E-state index contributed by atoms with van der Waals surface area (Å²) in [5, 5.41) is 7.59. The zero-order valence-electron chi connectivity index (χ0n) is 20.9. The first-order valence-electron chi connectivity index (χ1n) is 12.3. The van der Waals surface area contributed by atoms with E-state index in [1.165, 1.54) is 6.92 Å². The van der Waals surface area contributed by atoms with Crippen molar-refractivity contribution in [2.24, 2.45) is 5.92 Å². The van der Waals surface area contributed by atoms with E-state index in [0.29, 0.717) is 42.2 Å². The molecule has 0 spiro atoms. The van der Waals surface area contributed by atoms with Crippen molar-refractivity contribution in [1.29, 1.82) is 0 Å². The molecule has 1 atom stereocenters. The average Bonchev–Trinajstić information content (AvgIpc) is 3.34. The van der Waals surface area contributed by atoms with Crippen LogP contribution in [0.5, 0.6) is 0 Å². The third-order valence-corrected chi connectivity index (χ3v) is 6.39. The number of nitrogens with zero attached hydrogens (tertiary/aromatic N) is 4. The number of hydrogen-bond acceptors (Lipinski definition) is 6. The van der Waals surface area contributed by atoms with Gasteiger partial charge >= 0.3 is 0 Å². The van der Waals surface area contributed by atoms with Crippen LogP contribution < -0.4 is 5.32 Å². The fraction of sp³-hybridized carbons (Fsp3) is 0.407. The highest BCUT2D eigenvalue weighted by atomic mass is 35.5. The highest BCUT2D eigenvalue weighted by Crippen LogP contribution is 2.25. The summed E-state index contributed by atoms with van der Waals surface area (Å²) in [5.41, 5.74) is 2.79. The molecule has 4 rings (SSSR count). The second-order valence-electron chi connectivity index (χ2n) is 9.62. The van der Waals surface area contributed by atoms with Gasteiger partial charge in [0, 0.05) is 55.8 Å². The molecule has 36 heavy (non-hydrogen) atoms. The number of nitrogens with one attached hydrogen (secondary N) is 1. The Hall–Kier alpha value is -3.23. The summed E-state index contributed by atoms with van der Waals surface area (Å²) in [4.78, 5) is 33.3. The lowest BCUT2D eigenvalue weighted by Gasteiger charge is -2.36. The van der Waals surface area contributed by atoms with Crippen molar-refractivity contribution in [2.45, 2.75) is 39.8 Å². The number of carbonyl (C=O) groups is 2. The van der Waals surface area contributed by atoms with Gasteiger partial charge in [-0.3, -0.25) is 14.5 Å². The molecule has 9 heteroatoms. The number of rotatable bonds is 8. The second kappa shape index (κ2) is 11.7. The minimum atomic E-state index is -0.461. The minimum Gasteiger partial charge on any atom is -0.345 e. The molecule has 1 aromatic heterocycles. The molecule has 2 amide bonds. The van der Waals surface area contributed by atoms with E-state index in [0.717, 1.165) is 36.3 Å². The predicted molar refractivity (Wildman–Crippen MR) is 139 cm³/mol. The first kappa shape index (κ1) is 25.9. The number of hydrogen-bond donors (Lipinski definition) is 1. The molecule has 1 saturated heterocycles. The molecular weight excluding hydrogens is 478 g/mol. The highest BCUT2D eigenvalue weighted by Gasteiger charge is 2.28. The van der Waals surface area contributed by atoms with Gasteiger partial charge in [0.2, 0.25) is 17.6 Å². The fourth-order valence-corrected chi connectivity index (χ4v) is 4.62. The normalized spacial score (nSPS) is 15.2. The Morgan fingerprint density at radius 2 is 1.78 bits per heavy atom. The van der Waals surface area contributed by atoms with Crippen molar-refractivity contribution in [2.75, 3.05) is 26.2 Å². The summed E-state index contributed by atoms with van der Waals surface area (Å²) >= 11 is 6.08. The van der Waals surface area contributed by atoms with Gasteiger partial charge in [-0.25, -0.2) is 0 Å². The Bertz CT molecular complexity index is 1200. The fourth-order valence-electron chi connectivity index (χ4n) is 4.43. The van der Waals surface area contributed by atoms with E-state index in [4.69, 9.17) is 16.1 Å². The van der Waals surface area contributed by atoms with Crippen LogP contribution in [-0.4, -0.2) is 64.0 Å². The molecule has 1 aliphatic heterocycles. The molecule has 190 valence electrons. The third kappa shape index (κ3) is 6.71. The Morgan fingerprint density at radius 1 is 1.06 bits per heavy atom. The summed E-state index contributed by atoms with van der Waals surface area (Å²) in [6.07, 6.45) is 0.639.